The molecule has 3 nitrogen and oxygen atoms in total. The lowest BCUT2D eigenvalue weighted by Gasteiger charge is -2.08. The highest BCUT2D eigenvalue weighted by Crippen LogP contribution is 2.28. The van der Waals surface area contributed by atoms with Crippen molar-refractivity contribution in [2.75, 3.05) is 0 Å². The number of pyridine rings is 1. The number of nitriles is 1. The molecule has 0 atom stereocenters. The van der Waals surface area contributed by atoms with Crippen molar-refractivity contribution in [2.45, 2.75) is 13.5 Å². The maximum atomic E-state index is 12.0. The molecule has 1 aromatic heterocycles. The third-order valence-electron chi connectivity index (χ3n) is 2.78. The van der Waals surface area contributed by atoms with Crippen molar-refractivity contribution in [2.24, 2.45) is 0 Å². The monoisotopic (exact) mass is 258 g/mol. The summed E-state index contributed by atoms with van der Waals surface area (Å²) in [6, 6.07) is 10.9. The van der Waals surface area contributed by atoms with Crippen LogP contribution in [0.1, 0.15) is 12.5 Å². The zero-order chi connectivity index (χ0) is 13.1. The van der Waals surface area contributed by atoms with Crippen LogP contribution in [0.3, 0.4) is 0 Å². The maximum Gasteiger partial charge on any atom is 0.269 e. The number of halogens is 1. The van der Waals surface area contributed by atoms with E-state index in [1.54, 1.807) is 24.4 Å². The summed E-state index contributed by atoms with van der Waals surface area (Å²) >= 11 is 6.10. The molecule has 0 aliphatic carbocycles. The van der Waals surface area contributed by atoms with E-state index in [0.717, 1.165) is 0 Å². The van der Waals surface area contributed by atoms with Crippen molar-refractivity contribution in [3.05, 3.63) is 57.5 Å². The molecule has 90 valence electrons. The predicted octanol–water partition coefficient (Wildman–Crippen LogP) is 3.06. The number of aromatic nitrogens is 1. The second kappa shape index (κ2) is 5.07. The Kier molecular flexibility index (Phi) is 3.50. The van der Waals surface area contributed by atoms with Crippen LogP contribution in [0.4, 0.5) is 0 Å². The summed E-state index contributed by atoms with van der Waals surface area (Å²) in [7, 11) is 0. The fraction of sp³-hybridized carbons (Fsp3) is 0.143. The normalized spacial score (nSPS) is 10.1. The molecule has 0 fully saturated rings. The maximum absolute atomic E-state index is 12.0. The molecule has 0 bridgehead atoms. The Morgan fingerprint density at radius 2 is 2.00 bits per heavy atom. The number of benzene rings is 1. The molecule has 0 spiro atoms. The van der Waals surface area contributed by atoms with Gasteiger partial charge in [-0.3, -0.25) is 4.79 Å². The van der Waals surface area contributed by atoms with E-state index in [4.69, 9.17) is 16.9 Å². The second-order valence-corrected chi connectivity index (χ2v) is 4.19. The fourth-order valence-corrected chi connectivity index (χ4v) is 2.07. The molecule has 4 heteroatoms. The molecular weight excluding hydrogens is 248 g/mol. The number of hydrogen-bond acceptors (Lipinski definition) is 2. The molecule has 0 aliphatic rings. The fourth-order valence-electron chi connectivity index (χ4n) is 1.84. The van der Waals surface area contributed by atoms with Gasteiger partial charge in [-0.15, -0.1) is 0 Å². The summed E-state index contributed by atoms with van der Waals surface area (Å²) in [4.78, 5) is 12.0. The van der Waals surface area contributed by atoms with Gasteiger partial charge in [-0.05, 0) is 19.1 Å². The van der Waals surface area contributed by atoms with Crippen LogP contribution in [0, 0.1) is 11.3 Å². The van der Waals surface area contributed by atoms with Crippen LogP contribution in [0.5, 0.6) is 0 Å². The summed E-state index contributed by atoms with van der Waals surface area (Å²) in [6.07, 6.45) is 1.68. The van der Waals surface area contributed by atoms with Crippen LogP contribution in [0.15, 0.2) is 41.3 Å². The standard InChI is InChI=1S/C14H11ClN2O/c1-2-17-8-7-10(12(9-16)14(17)18)11-5-3-4-6-13(11)15/h3-8H,2H2,1H3. The molecule has 0 saturated heterocycles. The van der Waals surface area contributed by atoms with E-state index in [9.17, 15) is 4.79 Å². The van der Waals surface area contributed by atoms with E-state index < -0.39 is 0 Å². The van der Waals surface area contributed by atoms with Crippen LogP contribution < -0.4 is 5.56 Å². The first-order valence-electron chi connectivity index (χ1n) is 5.57. The molecule has 0 aliphatic heterocycles. The number of hydrogen-bond donors (Lipinski definition) is 0. The Hall–Kier alpha value is -2.05. The third-order valence-corrected chi connectivity index (χ3v) is 3.11. The molecule has 2 aromatic rings. The summed E-state index contributed by atoms with van der Waals surface area (Å²) in [6.45, 7) is 2.40. The Balaban J connectivity index is 2.75. The van der Waals surface area contributed by atoms with E-state index in [2.05, 4.69) is 0 Å². The molecular formula is C14H11ClN2O. The molecule has 1 aromatic carbocycles. The summed E-state index contributed by atoms with van der Waals surface area (Å²) in [5, 5.41) is 9.70. The lowest BCUT2D eigenvalue weighted by molar-refractivity contribution is 0.725. The average molecular weight is 259 g/mol. The largest absolute Gasteiger partial charge is 0.315 e. The van der Waals surface area contributed by atoms with Gasteiger partial charge in [0, 0.05) is 28.9 Å². The average Bonchev–Trinajstić information content (AvgIpc) is 2.39. The van der Waals surface area contributed by atoms with Crippen LogP contribution in [0.2, 0.25) is 5.02 Å². The smallest absolute Gasteiger partial charge is 0.269 e. The lowest BCUT2D eigenvalue weighted by atomic mass is 10.0. The van der Waals surface area contributed by atoms with Gasteiger partial charge in [-0.2, -0.15) is 5.26 Å². The van der Waals surface area contributed by atoms with Crippen molar-refractivity contribution in [1.82, 2.24) is 4.57 Å². The molecule has 0 unspecified atom stereocenters. The van der Waals surface area contributed by atoms with Crippen LogP contribution >= 0.6 is 11.6 Å². The minimum atomic E-state index is -0.280. The van der Waals surface area contributed by atoms with Crippen molar-refractivity contribution >= 4 is 11.6 Å². The zero-order valence-corrected chi connectivity index (χ0v) is 10.6. The number of aryl methyl sites for hydroxylation is 1. The SMILES string of the molecule is CCn1ccc(-c2ccccc2Cl)c(C#N)c1=O. The van der Waals surface area contributed by atoms with Gasteiger partial charge in [-0.25, -0.2) is 0 Å². The molecule has 18 heavy (non-hydrogen) atoms. The highest BCUT2D eigenvalue weighted by molar-refractivity contribution is 6.33. The van der Waals surface area contributed by atoms with E-state index in [1.807, 2.05) is 25.1 Å². The Labute approximate surface area is 110 Å². The number of rotatable bonds is 2. The Morgan fingerprint density at radius 3 is 2.61 bits per heavy atom. The highest BCUT2D eigenvalue weighted by Gasteiger charge is 2.12. The van der Waals surface area contributed by atoms with E-state index in [-0.39, 0.29) is 11.1 Å². The van der Waals surface area contributed by atoms with Gasteiger partial charge < -0.3 is 4.57 Å². The van der Waals surface area contributed by atoms with Crippen molar-refractivity contribution in [1.29, 1.82) is 5.26 Å². The van der Waals surface area contributed by atoms with Gasteiger partial charge in [0.15, 0.2) is 0 Å². The minimum Gasteiger partial charge on any atom is -0.315 e. The highest BCUT2D eigenvalue weighted by atomic mass is 35.5. The molecule has 0 radical (unpaired) electrons. The van der Waals surface area contributed by atoms with Gasteiger partial charge in [0.05, 0.1) is 0 Å². The Bertz CT molecular complexity index is 683. The predicted molar refractivity (Wildman–Crippen MR) is 71.5 cm³/mol. The quantitative estimate of drug-likeness (QED) is 0.831. The zero-order valence-electron chi connectivity index (χ0n) is 9.85. The lowest BCUT2D eigenvalue weighted by Crippen LogP contribution is -2.21. The van der Waals surface area contributed by atoms with Crippen LogP contribution in [0.25, 0.3) is 11.1 Å². The third kappa shape index (κ3) is 2.03. The second-order valence-electron chi connectivity index (χ2n) is 3.79. The van der Waals surface area contributed by atoms with E-state index in [1.165, 1.54) is 4.57 Å². The first-order chi connectivity index (χ1) is 8.69. The molecule has 0 N–H and O–H groups in total. The van der Waals surface area contributed by atoms with E-state index >= 15 is 0 Å². The molecule has 1 heterocycles. The molecule has 0 saturated carbocycles. The van der Waals surface area contributed by atoms with Crippen molar-refractivity contribution in [3.8, 4) is 17.2 Å². The summed E-state index contributed by atoms with van der Waals surface area (Å²) in [5.41, 5.74) is 1.14. The first-order valence-corrected chi connectivity index (χ1v) is 5.95. The van der Waals surface area contributed by atoms with Crippen molar-refractivity contribution < 1.29 is 0 Å². The molecule has 2 rings (SSSR count). The van der Waals surface area contributed by atoms with Gasteiger partial charge in [0.25, 0.3) is 5.56 Å². The Morgan fingerprint density at radius 1 is 1.28 bits per heavy atom. The van der Waals surface area contributed by atoms with Gasteiger partial charge >= 0.3 is 0 Å². The first kappa shape index (κ1) is 12.4. The topological polar surface area (TPSA) is 45.8 Å². The number of nitrogens with zero attached hydrogens (tertiary/aromatic N) is 2. The van der Waals surface area contributed by atoms with E-state index in [0.29, 0.717) is 22.7 Å². The van der Waals surface area contributed by atoms with Crippen LogP contribution in [-0.2, 0) is 6.54 Å². The van der Waals surface area contributed by atoms with Gasteiger partial charge in [0.1, 0.15) is 11.6 Å². The molecule has 0 amide bonds. The van der Waals surface area contributed by atoms with Crippen LogP contribution in [-0.4, -0.2) is 4.57 Å². The minimum absolute atomic E-state index is 0.132. The van der Waals surface area contributed by atoms with Gasteiger partial charge in [0.2, 0.25) is 0 Å². The summed E-state index contributed by atoms with van der Waals surface area (Å²) < 4.78 is 1.50. The van der Waals surface area contributed by atoms with Crippen molar-refractivity contribution in [3.63, 3.8) is 0 Å². The van der Waals surface area contributed by atoms with Gasteiger partial charge in [-0.1, -0.05) is 29.8 Å². The summed E-state index contributed by atoms with van der Waals surface area (Å²) in [5.74, 6) is 0.